The number of hydrogen-bond acceptors (Lipinski definition) is 2. The van der Waals surface area contributed by atoms with Crippen LogP contribution in [0.5, 0.6) is 0 Å². The summed E-state index contributed by atoms with van der Waals surface area (Å²) in [7, 11) is 0. The van der Waals surface area contributed by atoms with E-state index >= 15 is 0 Å². The van der Waals surface area contributed by atoms with Gasteiger partial charge in [-0.05, 0) is 22.6 Å². The van der Waals surface area contributed by atoms with Gasteiger partial charge in [0.05, 0.1) is 0 Å². The molecule has 0 amide bonds. The van der Waals surface area contributed by atoms with Crippen LogP contribution in [0.2, 0.25) is 0 Å². The molecule has 0 radical (unpaired) electrons. The zero-order chi connectivity index (χ0) is 13.9. The summed E-state index contributed by atoms with van der Waals surface area (Å²) in [5.41, 5.74) is 5.10. The fourth-order valence-electron chi connectivity index (χ4n) is 2.25. The van der Waals surface area contributed by atoms with Crippen LogP contribution in [0, 0.1) is 0 Å². The molecule has 2 aromatic carbocycles. The van der Waals surface area contributed by atoms with E-state index in [4.69, 9.17) is 0 Å². The number of hydrogen-bond donors (Lipinski definition) is 0. The normalized spacial score (nSPS) is 10.9. The molecule has 1 heterocycles. The van der Waals surface area contributed by atoms with Crippen LogP contribution in [0.15, 0.2) is 60.1 Å². The quantitative estimate of drug-likeness (QED) is 0.608. The van der Waals surface area contributed by atoms with E-state index in [1.807, 2.05) is 11.6 Å². The summed E-state index contributed by atoms with van der Waals surface area (Å²) in [5, 5.41) is 3.09. The Kier molecular flexibility index (Phi) is 3.66. The van der Waals surface area contributed by atoms with Gasteiger partial charge in [-0.2, -0.15) is 0 Å². The SMILES string of the molecule is CC(C)c1cccc(-c2ccc(-c3nccs3)cc2)c1. The van der Waals surface area contributed by atoms with Crippen molar-refractivity contribution in [2.75, 3.05) is 0 Å². The highest BCUT2D eigenvalue weighted by Crippen LogP contribution is 2.27. The molecule has 0 unspecified atom stereocenters. The second-order valence-electron chi connectivity index (χ2n) is 5.19. The van der Waals surface area contributed by atoms with Crippen LogP contribution in [0.25, 0.3) is 21.7 Å². The first-order chi connectivity index (χ1) is 9.74. The fourth-order valence-corrected chi connectivity index (χ4v) is 2.89. The highest BCUT2D eigenvalue weighted by Gasteiger charge is 2.04. The molecule has 0 atom stereocenters. The minimum absolute atomic E-state index is 0.560. The van der Waals surface area contributed by atoms with Crippen molar-refractivity contribution < 1.29 is 0 Å². The maximum Gasteiger partial charge on any atom is 0.123 e. The van der Waals surface area contributed by atoms with Crippen LogP contribution < -0.4 is 0 Å². The smallest absolute Gasteiger partial charge is 0.123 e. The summed E-state index contributed by atoms with van der Waals surface area (Å²) in [5.74, 6) is 0.560. The molecule has 2 heteroatoms. The molecule has 0 aliphatic rings. The van der Waals surface area contributed by atoms with E-state index in [-0.39, 0.29) is 0 Å². The third-order valence-electron chi connectivity index (χ3n) is 3.45. The summed E-state index contributed by atoms with van der Waals surface area (Å²) in [6.07, 6.45) is 1.85. The van der Waals surface area contributed by atoms with E-state index in [1.165, 1.54) is 22.3 Å². The van der Waals surface area contributed by atoms with Gasteiger partial charge in [-0.3, -0.25) is 0 Å². The van der Waals surface area contributed by atoms with Crippen LogP contribution in [-0.4, -0.2) is 4.98 Å². The van der Waals surface area contributed by atoms with Crippen LogP contribution in [0.1, 0.15) is 25.3 Å². The van der Waals surface area contributed by atoms with Gasteiger partial charge in [-0.1, -0.05) is 62.4 Å². The lowest BCUT2D eigenvalue weighted by Crippen LogP contribution is -1.87. The van der Waals surface area contributed by atoms with Gasteiger partial charge >= 0.3 is 0 Å². The van der Waals surface area contributed by atoms with Crippen LogP contribution in [-0.2, 0) is 0 Å². The predicted octanol–water partition coefficient (Wildman–Crippen LogP) is 5.60. The molecule has 20 heavy (non-hydrogen) atoms. The van der Waals surface area contributed by atoms with Gasteiger partial charge < -0.3 is 0 Å². The number of benzene rings is 2. The van der Waals surface area contributed by atoms with Crippen LogP contribution >= 0.6 is 11.3 Å². The van der Waals surface area contributed by atoms with Crippen molar-refractivity contribution in [3.05, 3.63) is 65.7 Å². The maximum absolute atomic E-state index is 4.34. The summed E-state index contributed by atoms with van der Waals surface area (Å²) in [6.45, 7) is 4.45. The predicted molar refractivity (Wildman–Crippen MR) is 87.1 cm³/mol. The molecule has 0 N–H and O–H groups in total. The van der Waals surface area contributed by atoms with Gasteiger partial charge in [0.2, 0.25) is 0 Å². The monoisotopic (exact) mass is 279 g/mol. The summed E-state index contributed by atoms with van der Waals surface area (Å²) in [6, 6.07) is 17.4. The first-order valence-corrected chi connectivity index (χ1v) is 7.72. The minimum Gasteiger partial charge on any atom is -0.245 e. The van der Waals surface area contributed by atoms with Crippen molar-refractivity contribution in [1.82, 2.24) is 4.98 Å². The van der Waals surface area contributed by atoms with Gasteiger partial charge in [0, 0.05) is 17.1 Å². The lowest BCUT2D eigenvalue weighted by molar-refractivity contribution is 0.867. The lowest BCUT2D eigenvalue weighted by Gasteiger charge is -2.08. The molecule has 0 saturated heterocycles. The Hall–Kier alpha value is -1.93. The largest absolute Gasteiger partial charge is 0.245 e. The van der Waals surface area contributed by atoms with Gasteiger partial charge in [-0.15, -0.1) is 11.3 Å². The van der Waals surface area contributed by atoms with Crippen LogP contribution in [0.3, 0.4) is 0 Å². The molecular weight excluding hydrogens is 262 g/mol. The molecule has 3 rings (SSSR count). The number of nitrogens with zero attached hydrogens (tertiary/aromatic N) is 1. The Morgan fingerprint density at radius 1 is 0.900 bits per heavy atom. The third-order valence-corrected chi connectivity index (χ3v) is 4.27. The van der Waals surface area contributed by atoms with E-state index in [2.05, 4.69) is 67.4 Å². The van der Waals surface area contributed by atoms with Gasteiger partial charge in [0.25, 0.3) is 0 Å². The van der Waals surface area contributed by atoms with Gasteiger partial charge in [0.1, 0.15) is 5.01 Å². The summed E-state index contributed by atoms with van der Waals surface area (Å²) >= 11 is 1.67. The first kappa shape index (κ1) is 13.1. The average molecular weight is 279 g/mol. The molecule has 3 aromatic rings. The second-order valence-corrected chi connectivity index (χ2v) is 6.09. The van der Waals surface area contributed by atoms with E-state index in [9.17, 15) is 0 Å². The van der Waals surface area contributed by atoms with Crippen molar-refractivity contribution in [1.29, 1.82) is 0 Å². The Labute approximate surface area is 124 Å². The van der Waals surface area contributed by atoms with E-state index in [1.54, 1.807) is 11.3 Å². The minimum atomic E-state index is 0.560. The van der Waals surface area contributed by atoms with Gasteiger partial charge in [-0.25, -0.2) is 4.98 Å². The zero-order valence-corrected chi connectivity index (χ0v) is 12.5. The Morgan fingerprint density at radius 2 is 1.65 bits per heavy atom. The fraction of sp³-hybridized carbons (Fsp3) is 0.167. The summed E-state index contributed by atoms with van der Waals surface area (Å²) in [4.78, 5) is 4.34. The summed E-state index contributed by atoms with van der Waals surface area (Å²) < 4.78 is 0. The van der Waals surface area contributed by atoms with Crippen molar-refractivity contribution >= 4 is 11.3 Å². The Morgan fingerprint density at radius 3 is 2.30 bits per heavy atom. The van der Waals surface area contributed by atoms with Crippen LogP contribution in [0.4, 0.5) is 0 Å². The van der Waals surface area contributed by atoms with E-state index < -0.39 is 0 Å². The van der Waals surface area contributed by atoms with Crippen molar-refractivity contribution in [2.45, 2.75) is 19.8 Å². The Bertz CT molecular complexity index is 682. The number of aromatic nitrogens is 1. The molecule has 0 saturated carbocycles. The van der Waals surface area contributed by atoms with Crippen molar-refractivity contribution in [2.24, 2.45) is 0 Å². The molecule has 0 aliphatic heterocycles. The van der Waals surface area contributed by atoms with E-state index in [0.29, 0.717) is 5.92 Å². The molecule has 0 fully saturated rings. The number of thiazole rings is 1. The van der Waals surface area contributed by atoms with Crippen molar-refractivity contribution in [3.8, 4) is 21.7 Å². The molecular formula is C18H17NS. The highest BCUT2D eigenvalue weighted by molar-refractivity contribution is 7.13. The molecule has 100 valence electrons. The molecule has 0 aliphatic carbocycles. The topological polar surface area (TPSA) is 12.9 Å². The highest BCUT2D eigenvalue weighted by atomic mass is 32.1. The third kappa shape index (κ3) is 2.66. The molecule has 0 bridgehead atoms. The maximum atomic E-state index is 4.34. The van der Waals surface area contributed by atoms with E-state index in [0.717, 1.165) is 5.01 Å². The zero-order valence-electron chi connectivity index (χ0n) is 11.7. The van der Waals surface area contributed by atoms with Gasteiger partial charge in [0.15, 0.2) is 0 Å². The molecule has 0 spiro atoms. The first-order valence-electron chi connectivity index (χ1n) is 6.84. The van der Waals surface area contributed by atoms with Crippen molar-refractivity contribution in [3.63, 3.8) is 0 Å². The number of rotatable bonds is 3. The second kappa shape index (κ2) is 5.59. The standard InChI is InChI=1S/C18H17NS/c1-13(2)16-4-3-5-17(12-16)14-6-8-15(9-7-14)18-19-10-11-20-18/h3-13H,1-2H3. The Balaban J connectivity index is 1.93. The molecule has 1 nitrogen and oxygen atoms in total. The molecule has 1 aromatic heterocycles. The lowest BCUT2D eigenvalue weighted by atomic mass is 9.97. The average Bonchev–Trinajstić information content (AvgIpc) is 3.02.